The van der Waals surface area contributed by atoms with Gasteiger partial charge in [-0.3, -0.25) is 18.9 Å². The van der Waals surface area contributed by atoms with Crippen molar-refractivity contribution in [3.63, 3.8) is 0 Å². The molecule has 0 spiro atoms. The van der Waals surface area contributed by atoms with Crippen LogP contribution in [0.15, 0.2) is 81.3 Å². The van der Waals surface area contributed by atoms with E-state index in [2.05, 4.69) is 4.98 Å². The van der Waals surface area contributed by atoms with Gasteiger partial charge >= 0.3 is 5.69 Å². The van der Waals surface area contributed by atoms with Gasteiger partial charge in [-0.15, -0.1) is 11.8 Å². The zero-order valence-corrected chi connectivity index (χ0v) is 22.5. The number of likely N-dealkylation sites (N-methyl/N-ethyl adjacent to an activating group) is 1. The number of nitrogens with zero attached hydrogens (tertiary/aromatic N) is 4. The molecule has 0 N–H and O–H groups in total. The molecule has 2 aromatic heterocycles. The molecule has 2 heterocycles. The van der Waals surface area contributed by atoms with E-state index in [0.717, 1.165) is 29.1 Å². The highest BCUT2D eigenvalue weighted by Gasteiger charge is 2.20. The monoisotopic (exact) mass is 536 g/mol. The molecule has 4 aromatic rings. The van der Waals surface area contributed by atoms with E-state index in [0.29, 0.717) is 29.9 Å². The van der Waals surface area contributed by atoms with Crippen LogP contribution in [0.4, 0.5) is 8.78 Å². The Bertz CT molecular complexity index is 1500. The van der Waals surface area contributed by atoms with Gasteiger partial charge in [-0.1, -0.05) is 24.3 Å². The van der Waals surface area contributed by atoms with E-state index >= 15 is 0 Å². The Labute approximate surface area is 224 Å². The molecule has 0 aliphatic carbocycles. The summed E-state index contributed by atoms with van der Waals surface area (Å²) in [5.41, 5.74) is 1.05. The minimum absolute atomic E-state index is 0.131. The first-order chi connectivity index (χ1) is 18.3. The Morgan fingerprint density at radius 1 is 0.921 bits per heavy atom. The fraction of sp³-hybridized carbons (Fsp3) is 0.276. The lowest BCUT2D eigenvalue weighted by Crippen LogP contribution is -2.44. The third-order valence-corrected chi connectivity index (χ3v) is 7.37. The van der Waals surface area contributed by atoms with Crippen LogP contribution in [0.3, 0.4) is 0 Å². The smallest absolute Gasteiger partial charge is 0.304 e. The van der Waals surface area contributed by atoms with Gasteiger partial charge in [-0.2, -0.15) is 0 Å². The third kappa shape index (κ3) is 6.11. The second-order valence-electron chi connectivity index (χ2n) is 9.09. The molecule has 6 nitrogen and oxygen atoms in total. The number of aromatic nitrogens is 3. The van der Waals surface area contributed by atoms with Crippen molar-refractivity contribution in [1.29, 1.82) is 0 Å². The Morgan fingerprint density at radius 3 is 2.26 bits per heavy atom. The van der Waals surface area contributed by atoms with Gasteiger partial charge in [0.05, 0.1) is 12.1 Å². The average molecular weight is 537 g/mol. The molecular weight excluding hydrogens is 506 g/mol. The van der Waals surface area contributed by atoms with E-state index < -0.39 is 22.9 Å². The maximum absolute atomic E-state index is 14.5. The van der Waals surface area contributed by atoms with Crippen LogP contribution in [0.25, 0.3) is 11.1 Å². The SMILES string of the molecule is CSc1ccc(-c2c(C)n(Cc3c(F)cccc3F)c(=O)n(CCN(C)CCc3ccccn3)c2=O)cc1. The number of hydrogen-bond acceptors (Lipinski definition) is 5. The van der Waals surface area contributed by atoms with Crippen molar-refractivity contribution in [2.75, 3.05) is 26.4 Å². The summed E-state index contributed by atoms with van der Waals surface area (Å²) in [5, 5.41) is 0. The van der Waals surface area contributed by atoms with Gasteiger partial charge < -0.3 is 4.90 Å². The van der Waals surface area contributed by atoms with Crippen LogP contribution in [0.1, 0.15) is 17.0 Å². The lowest BCUT2D eigenvalue weighted by atomic mass is 10.1. The van der Waals surface area contributed by atoms with Crippen molar-refractivity contribution in [2.45, 2.75) is 31.3 Å². The first-order valence-electron chi connectivity index (χ1n) is 12.3. The van der Waals surface area contributed by atoms with Crippen LogP contribution in [0.5, 0.6) is 0 Å². The topological polar surface area (TPSA) is 60.1 Å². The van der Waals surface area contributed by atoms with Gasteiger partial charge in [0.25, 0.3) is 5.56 Å². The highest BCUT2D eigenvalue weighted by Crippen LogP contribution is 2.23. The van der Waals surface area contributed by atoms with Crippen LogP contribution in [0.2, 0.25) is 0 Å². The number of pyridine rings is 1. The van der Waals surface area contributed by atoms with Crippen molar-refractivity contribution in [2.24, 2.45) is 0 Å². The molecule has 0 aliphatic rings. The molecule has 0 fully saturated rings. The molecule has 0 saturated carbocycles. The fourth-order valence-corrected chi connectivity index (χ4v) is 4.76. The van der Waals surface area contributed by atoms with E-state index in [-0.39, 0.29) is 18.7 Å². The Morgan fingerprint density at radius 2 is 1.63 bits per heavy atom. The van der Waals surface area contributed by atoms with E-state index in [1.807, 2.05) is 60.7 Å². The lowest BCUT2D eigenvalue weighted by molar-refractivity contribution is 0.315. The summed E-state index contributed by atoms with van der Waals surface area (Å²) in [5.74, 6) is -1.48. The zero-order valence-electron chi connectivity index (χ0n) is 21.7. The number of rotatable bonds is 10. The molecule has 0 aliphatic heterocycles. The minimum Gasteiger partial charge on any atom is -0.304 e. The lowest BCUT2D eigenvalue weighted by Gasteiger charge is -2.20. The fourth-order valence-electron chi connectivity index (χ4n) is 4.35. The van der Waals surface area contributed by atoms with Crippen LogP contribution in [-0.4, -0.2) is 45.4 Å². The van der Waals surface area contributed by atoms with Crippen LogP contribution in [-0.2, 0) is 19.5 Å². The quantitative estimate of drug-likeness (QED) is 0.277. The Hall–Kier alpha value is -3.56. The largest absolute Gasteiger partial charge is 0.331 e. The summed E-state index contributed by atoms with van der Waals surface area (Å²) >= 11 is 1.58. The second-order valence-corrected chi connectivity index (χ2v) is 9.97. The summed E-state index contributed by atoms with van der Waals surface area (Å²) < 4.78 is 31.5. The van der Waals surface area contributed by atoms with E-state index in [1.165, 1.54) is 15.2 Å². The van der Waals surface area contributed by atoms with Crippen molar-refractivity contribution < 1.29 is 8.78 Å². The van der Waals surface area contributed by atoms with Gasteiger partial charge in [0.2, 0.25) is 0 Å². The molecule has 0 amide bonds. The zero-order chi connectivity index (χ0) is 27.2. The molecule has 0 bridgehead atoms. The molecule has 0 radical (unpaired) electrons. The Kier molecular flexibility index (Phi) is 8.91. The molecule has 0 unspecified atom stereocenters. The standard InChI is InChI=1S/C29H30F2N4O2S/c1-20-27(21-10-12-23(38-3)13-11-21)28(36)34(18-17-33(2)16-14-22-7-4-5-15-32-22)29(37)35(20)19-24-25(30)8-6-9-26(24)31/h4-13,15H,14,16-19H2,1-3H3. The number of benzene rings is 2. The molecule has 4 rings (SSSR count). The summed E-state index contributed by atoms with van der Waals surface area (Å²) in [6.45, 7) is 2.57. The first kappa shape index (κ1) is 27.5. The number of halogens is 2. The highest BCUT2D eigenvalue weighted by molar-refractivity contribution is 7.98. The number of hydrogen-bond donors (Lipinski definition) is 0. The second kappa shape index (κ2) is 12.3. The molecular formula is C29H30F2N4O2S. The van der Waals surface area contributed by atoms with Crippen molar-refractivity contribution in [3.8, 4) is 11.1 Å². The minimum atomic E-state index is -0.742. The van der Waals surface area contributed by atoms with E-state index in [1.54, 1.807) is 24.9 Å². The Balaban J connectivity index is 1.71. The van der Waals surface area contributed by atoms with Crippen LogP contribution < -0.4 is 11.2 Å². The summed E-state index contributed by atoms with van der Waals surface area (Å²) in [4.78, 5) is 34.6. The molecule has 38 heavy (non-hydrogen) atoms. The molecule has 198 valence electrons. The highest BCUT2D eigenvalue weighted by atomic mass is 32.2. The molecule has 0 saturated heterocycles. The molecule has 0 atom stereocenters. The van der Waals surface area contributed by atoms with Gasteiger partial charge in [-0.05, 0) is 62.2 Å². The maximum Gasteiger partial charge on any atom is 0.331 e. The summed E-state index contributed by atoms with van der Waals surface area (Å²) in [6, 6.07) is 16.8. The predicted octanol–water partition coefficient (Wildman–Crippen LogP) is 4.60. The van der Waals surface area contributed by atoms with E-state index in [4.69, 9.17) is 0 Å². The summed E-state index contributed by atoms with van der Waals surface area (Å²) in [7, 11) is 1.91. The average Bonchev–Trinajstić information content (AvgIpc) is 2.92. The molecule has 9 heteroatoms. The van der Waals surface area contributed by atoms with Crippen molar-refractivity contribution in [3.05, 3.63) is 116 Å². The number of thioether (sulfide) groups is 1. The van der Waals surface area contributed by atoms with Gasteiger partial charge in [0.15, 0.2) is 0 Å². The van der Waals surface area contributed by atoms with Crippen molar-refractivity contribution >= 4 is 11.8 Å². The van der Waals surface area contributed by atoms with E-state index in [9.17, 15) is 18.4 Å². The van der Waals surface area contributed by atoms with Crippen LogP contribution >= 0.6 is 11.8 Å². The van der Waals surface area contributed by atoms with Crippen molar-refractivity contribution in [1.82, 2.24) is 19.0 Å². The predicted molar refractivity (Wildman–Crippen MR) is 148 cm³/mol. The van der Waals surface area contributed by atoms with Crippen LogP contribution in [0, 0.1) is 18.6 Å². The summed E-state index contributed by atoms with van der Waals surface area (Å²) in [6.07, 6.45) is 4.43. The van der Waals surface area contributed by atoms with Gasteiger partial charge in [-0.25, -0.2) is 13.6 Å². The maximum atomic E-state index is 14.5. The normalized spacial score (nSPS) is 11.3. The molecule has 2 aromatic carbocycles. The first-order valence-corrected chi connectivity index (χ1v) is 13.5. The van der Waals surface area contributed by atoms with Gasteiger partial charge in [0, 0.05) is 54.1 Å². The third-order valence-electron chi connectivity index (χ3n) is 6.63. The van der Waals surface area contributed by atoms with Gasteiger partial charge in [0.1, 0.15) is 11.6 Å².